The lowest BCUT2D eigenvalue weighted by Crippen LogP contribution is -2.34. The quantitative estimate of drug-likeness (QED) is 0.804. The number of carbonyl (C=O) groups excluding carboxylic acids is 1. The first kappa shape index (κ1) is 11.3. The molecule has 4 aliphatic rings. The standard InChI is InChI=1S/C15H24N2O/c1-8(16)11-4-5-17(7-11)15(18)14-12-9-2-3-10(6-9)13(12)14/h8-14H,2-7,16H2,1H3. The van der Waals surface area contributed by atoms with Crippen LogP contribution in [0.5, 0.6) is 0 Å². The molecule has 3 aliphatic carbocycles. The number of likely N-dealkylation sites (tertiary alicyclic amines) is 1. The van der Waals surface area contributed by atoms with Crippen molar-refractivity contribution in [3.05, 3.63) is 0 Å². The van der Waals surface area contributed by atoms with Gasteiger partial charge in [0.05, 0.1) is 0 Å². The molecular weight excluding hydrogens is 224 g/mol. The number of nitrogens with two attached hydrogens (primary N) is 1. The van der Waals surface area contributed by atoms with E-state index in [0.717, 1.165) is 43.2 Å². The Kier molecular flexibility index (Phi) is 2.33. The zero-order chi connectivity index (χ0) is 12.4. The molecular formula is C15H24N2O. The minimum Gasteiger partial charge on any atom is -0.342 e. The maximum absolute atomic E-state index is 12.6. The predicted molar refractivity (Wildman–Crippen MR) is 69.6 cm³/mol. The predicted octanol–water partition coefficient (Wildman–Crippen LogP) is 1.47. The van der Waals surface area contributed by atoms with Gasteiger partial charge in [-0.15, -0.1) is 0 Å². The highest BCUT2D eigenvalue weighted by Gasteiger charge is 2.68. The zero-order valence-corrected chi connectivity index (χ0v) is 11.2. The summed E-state index contributed by atoms with van der Waals surface area (Å²) < 4.78 is 0. The molecule has 1 aliphatic heterocycles. The molecule has 0 aromatic carbocycles. The van der Waals surface area contributed by atoms with Crippen molar-refractivity contribution in [1.82, 2.24) is 4.90 Å². The van der Waals surface area contributed by atoms with Crippen LogP contribution in [0.3, 0.4) is 0 Å². The lowest BCUT2D eigenvalue weighted by atomic mass is 10.0. The zero-order valence-electron chi connectivity index (χ0n) is 11.2. The van der Waals surface area contributed by atoms with Gasteiger partial charge in [0.25, 0.3) is 0 Å². The number of amides is 1. The van der Waals surface area contributed by atoms with Crippen LogP contribution in [0.2, 0.25) is 0 Å². The molecule has 6 atom stereocenters. The van der Waals surface area contributed by atoms with Gasteiger partial charge >= 0.3 is 0 Å². The Morgan fingerprint density at radius 3 is 2.44 bits per heavy atom. The molecule has 2 bridgehead atoms. The summed E-state index contributed by atoms with van der Waals surface area (Å²) in [6.45, 7) is 3.95. The number of rotatable bonds is 2. The molecule has 18 heavy (non-hydrogen) atoms. The van der Waals surface area contributed by atoms with Crippen LogP contribution < -0.4 is 5.73 Å². The lowest BCUT2D eigenvalue weighted by molar-refractivity contribution is -0.132. The Hall–Kier alpha value is -0.570. The maximum atomic E-state index is 12.6. The molecule has 0 spiro atoms. The van der Waals surface area contributed by atoms with Gasteiger partial charge in [-0.05, 0) is 62.2 Å². The van der Waals surface area contributed by atoms with E-state index in [1.54, 1.807) is 0 Å². The van der Waals surface area contributed by atoms with Crippen molar-refractivity contribution in [3.8, 4) is 0 Å². The van der Waals surface area contributed by atoms with Crippen LogP contribution in [0.1, 0.15) is 32.6 Å². The number of carbonyl (C=O) groups is 1. The smallest absolute Gasteiger partial charge is 0.226 e. The first-order valence-electron chi connectivity index (χ1n) is 7.71. The van der Waals surface area contributed by atoms with E-state index in [4.69, 9.17) is 5.73 Å². The average Bonchev–Trinajstić information content (AvgIpc) is 2.79. The topological polar surface area (TPSA) is 46.3 Å². The van der Waals surface area contributed by atoms with Crippen molar-refractivity contribution < 1.29 is 4.79 Å². The molecule has 100 valence electrons. The van der Waals surface area contributed by atoms with Gasteiger partial charge in [0, 0.05) is 25.0 Å². The molecule has 0 radical (unpaired) electrons. The summed E-state index contributed by atoms with van der Waals surface area (Å²) in [4.78, 5) is 14.7. The number of hydrogen-bond donors (Lipinski definition) is 1. The van der Waals surface area contributed by atoms with E-state index in [1.807, 2.05) is 0 Å². The van der Waals surface area contributed by atoms with Gasteiger partial charge in [-0.2, -0.15) is 0 Å². The SMILES string of the molecule is CC(N)C1CCN(C(=O)C2C3C4CCC(C4)C23)C1. The summed E-state index contributed by atoms with van der Waals surface area (Å²) >= 11 is 0. The third-order valence-corrected chi connectivity index (χ3v) is 6.30. The number of nitrogens with zero attached hydrogens (tertiary/aromatic N) is 1. The molecule has 0 aromatic rings. The Bertz CT molecular complexity index is 365. The van der Waals surface area contributed by atoms with E-state index in [9.17, 15) is 4.79 Å². The fraction of sp³-hybridized carbons (Fsp3) is 0.933. The highest BCUT2D eigenvalue weighted by molar-refractivity contribution is 5.83. The first-order valence-corrected chi connectivity index (χ1v) is 7.71. The Morgan fingerprint density at radius 1 is 1.22 bits per heavy atom. The van der Waals surface area contributed by atoms with Crippen LogP contribution in [0, 0.1) is 35.5 Å². The van der Waals surface area contributed by atoms with Gasteiger partial charge in [-0.25, -0.2) is 0 Å². The molecule has 0 aromatic heterocycles. The summed E-state index contributed by atoms with van der Waals surface area (Å²) in [5.41, 5.74) is 5.96. The number of hydrogen-bond acceptors (Lipinski definition) is 2. The van der Waals surface area contributed by atoms with E-state index >= 15 is 0 Å². The summed E-state index contributed by atoms with van der Waals surface area (Å²) in [5.74, 6) is 4.80. The second-order valence-corrected chi connectivity index (χ2v) is 7.21. The van der Waals surface area contributed by atoms with Crippen LogP contribution in [-0.2, 0) is 4.79 Å². The molecule has 2 N–H and O–H groups in total. The molecule has 4 fully saturated rings. The van der Waals surface area contributed by atoms with Gasteiger partial charge in [0.1, 0.15) is 0 Å². The summed E-state index contributed by atoms with van der Waals surface area (Å²) in [5, 5.41) is 0. The number of fused-ring (bicyclic) bond motifs is 5. The van der Waals surface area contributed by atoms with Crippen LogP contribution in [0.4, 0.5) is 0 Å². The van der Waals surface area contributed by atoms with Crippen LogP contribution in [-0.4, -0.2) is 29.9 Å². The van der Waals surface area contributed by atoms with Crippen LogP contribution in [0.15, 0.2) is 0 Å². The van der Waals surface area contributed by atoms with Crippen LogP contribution in [0.25, 0.3) is 0 Å². The van der Waals surface area contributed by atoms with E-state index in [0.29, 0.717) is 17.7 Å². The van der Waals surface area contributed by atoms with Crippen molar-refractivity contribution in [3.63, 3.8) is 0 Å². The largest absolute Gasteiger partial charge is 0.342 e. The third kappa shape index (κ3) is 1.43. The molecule has 1 saturated heterocycles. The van der Waals surface area contributed by atoms with E-state index in [2.05, 4.69) is 11.8 Å². The van der Waals surface area contributed by atoms with E-state index in [1.165, 1.54) is 19.3 Å². The van der Waals surface area contributed by atoms with Crippen LogP contribution >= 0.6 is 0 Å². The summed E-state index contributed by atoms with van der Waals surface area (Å²) in [7, 11) is 0. The van der Waals surface area contributed by atoms with E-state index < -0.39 is 0 Å². The second-order valence-electron chi connectivity index (χ2n) is 7.21. The van der Waals surface area contributed by atoms with Crippen molar-refractivity contribution in [2.24, 2.45) is 41.2 Å². The fourth-order valence-electron chi connectivity index (χ4n) is 5.28. The molecule has 6 unspecified atom stereocenters. The first-order chi connectivity index (χ1) is 8.66. The Labute approximate surface area is 109 Å². The van der Waals surface area contributed by atoms with Crippen molar-refractivity contribution in [1.29, 1.82) is 0 Å². The molecule has 3 heteroatoms. The third-order valence-electron chi connectivity index (χ3n) is 6.30. The molecule has 1 heterocycles. The minimum absolute atomic E-state index is 0.234. The van der Waals surface area contributed by atoms with Gasteiger partial charge in [0.15, 0.2) is 0 Å². The highest BCUT2D eigenvalue weighted by Crippen LogP contribution is 2.69. The van der Waals surface area contributed by atoms with Crippen molar-refractivity contribution >= 4 is 5.91 Å². The Morgan fingerprint density at radius 2 is 1.89 bits per heavy atom. The normalized spacial score (nSPS) is 50.4. The molecule has 1 amide bonds. The van der Waals surface area contributed by atoms with E-state index in [-0.39, 0.29) is 6.04 Å². The van der Waals surface area contributed by atoms with Crippen molar-refractivity contribution in [2.45, 2.75) is 38.6 Å². The lowest BCUT2D eigenvalue weighted by Gasteiger charge is -2.19. The molecule has 3 nitrogen and oxygen atoms in total. The van der Waals surface area contributed by atoms with Gasteiger partial charge < -0.3 is 10.6 Å². The summed E-state index contributed by atoms with van der Waals surface area (Å²) in [6.07, 6.45) is 5.34. The molecule has 4 rings (SSSR count). The monoisotopic (exact) mass is 248 g/mol. The second kappa shape index (κ2) is 3.72. The average molecular weight is 248 g/mol. The molecule has 3 saturated carbocycles. The minimum atomic E-state index is 0.234. The van der Waals surface area contributed by atoms with Gasteiger partial charge in [0.2, 0.25) is 5.91 Å². The Balaban J connectivity index is 1.41. The van der Waals surface area contributed by atoms with Crippen molar-refractivity contribution in [2.75, 3.05) is 13.1 Å². The van der Waals surface area contributed by atoms with Gasteiger partial charge in [-0.3, -0.25) is 4.79 Å². The van der Waals surface area contributed by atoms with Gasteiger partial charge in [-0.1, -0.05) is 0 Å². The maximum Gasteiger partial charge on any atom is 0.226 e. The highest BCUT2D eigenvalue weighted by atomic mass is 16.2. The summed E-state index contributed by atoms with van der Waals surface area (Å²) in [6, 6.07) is 0.234. The fourth-order valence-corrected chi connectivity index (χ4v) is 5.28.